The lowest BCUT2D eigenvalue weighted by Crippen LogP contribution is -2.19. The summed E-state index contributed by atoms with van der Waals surface area (Å²) in [5.74, 6) is 0. The molecule has 0 aromatic carbocycles. The van der Waals surface area contributed by atoms with Crippen LogP contribution < -0.4 is 5.69 Å². The maximum Gasteiger partial charge on any atom is 0.431 e. The van der Waals surface area contributed by atoms with E-state index in [4.69, 9.17) is 0 Å². The van der Waals surface area contributed by atoms with Crippen LogP contribution in [0.4, 0.5) is 13.2 Å². The van der Waals surface area contributed by atoms with Crippen LogP contribution >= 0.6 is 0 Å². The first-order chi connectivity index (χ1) is 7.47. The summed E-state index contributed by atoms with van der Waals surface area (Å²) in [7, 11) is 0. The Morgan fingerprint density at radius 2 is 2.06 bits per heavy atom. The number of aromatic nitrogens is 3. The first-order valence-electron chi connectivity index (χ1n) is 4.29. The number of nitrogens with one attached hydrogen (secondary N) is 2. The van der Waals surface area contributed by atoms with Crippen LogP contribution in [0.5, 0.6) is 0 Å². The standard InChI is InChI=1S/C9H6F3N3O/c10-9(11,12)7-4-6(14-8(16)15-7)5-2-1-3-13-5/h1-4,13H,(H,14,15,16). The third kappa shape index (κ3) is 1.97. The Bertz CT molecular complexity index is 542. The zero-order valence-electron chi connectivity index (χ0n) is 7.80. The molecule has 0 amide bonds. The van der Waals surface area contributed by atoms with Crippen molar-refractivity contribution in [2.24, 2.45) is 0 Å². The van der Waals surface area contributed by atoms with E-state index in [0.29, 0.717) is 5.69 Å². The van der Waals surface area contributed by atoms with E-state index < -0.39 is 17.6 Å². The fraction of sp³-hybridized carbons (Fsp3) is 0.111. The van der Waals surface area contributed by atoms with Crippen LogP contribution in [-0.4, -0.2) is 15.0 Å². The van der Waals surface area contributed by atoms with Gasteiger partial charge in [0.1, 0.15) is 5.69 Å². The molecule has 2 aromatic rings. The molecule has 0 fully saturated rings. The Kier molecular flexibility index (Phi) is 2.30. The number of H-pyrrole nitrogens is 2. The molecule has 0 saturated heterocycles. The average molecular weight is 229 g/mol. The summed E-state index contributed by atoms with van der Waals surface area (Å²) in [6.07, 6.45) is -3.06. The van der Waals surface area contributed by atoms with Crippen LogP contribution in [0, 0.1) is 0 Å². The van der Waals surface area contributed by atoms with Crippen molar-refractivity contribution in [3.63, 3.8) is 0 Å². The highest BCUT2D eigenvalue weighted by Gasteiger charge is 2.32. The highest BCUT2D eigenvalue weighted by Crippen LogP contribution is 2.28. The molecule has 16 heavy (non-hydrogen) atoms. The second-order valence-corrected chi connectivity index (χ2v) is 3.07. The molecular weight excluding hydrogens is 223 g/mol. The van der Waals surface area contributed by atoms with Crippen LogP contribution in [0.3, 0.4) is 0 Å². The van der Waals surface area contributed by atoms with Gasteiger partial charge in [-0.25, -0.2) is 4.79 Å². The van der Waals surface area contributed by atoms with Crippen molar-refractivity contribution in [3.05, 3.63) is 40.6 Å². The Balaban J connectivity index is 2.57. The highest BCUT2D eigenvalue weighted by molar-refractivity contribution is 5.54. The van der Waals surface area contributed by atoms with Gasteiger partial charge in [-0.1, -0.05) is 0 Å². The van der Waals surface area contributed by atoms with Gasteiger partial charge in [0, 0.05) is 6.20 Å². The summed E-state index contributed by atoms with van der Waals surface area (Å²) in [6, 6.07) is 3.92. The van der Waals surface area contributed by atoms with E-state index in [1.807, 2.05) is 0 Å². The number of halogens is 3. The first kappa shape index (κ1) is 10.5. The van der Waals surface area contributed by atoms with Gasteiger partial charge in [0.15, 0.2) is 0 Å². The molecule has 0 atom stereocenters. The average Bonchev–Trinajstić information content (AvgIpc) is 2.68. The molecule has 84 valence electrons. The molecule has 2 heterocycles. The quantitative estimate of drug-likeness (QED) is 0.782. The molecule has 7 heteroatoms. The summed E-state index contributed by atoms with van der Waals surface area (Å²) in [4.78, 5) is 18.7. The van der Waals surface area contributed by atoms with Gasteiger partial charge in [0.2, 0.25) is 0 Å². The maximum absolute atomic E-state index is 12.4. The van der Waals surface area contributed by atoms with Gasteiger partial charge in [-0.3, -0.25) is 0 Å². The van der Waals surface area contributed by atoms with Crippen LogP contribution in [0.2, 0.25) is 0 Å². The van der Waals surface area contributed by atoms with E-state index in [1.54, 1.807) is 11.1 Å². The normalized spacial score (nSPS) is 11.7. The Labute approximate surface area is 87.2 Å². The van der Waals surface area contributed by atoms with Crippen LogP contribution in [0.25, 0.3) is 11.4 Å². The molecular formula is C9H6F3N3O. The zero-order valence-corrected chi connectivity index (χ0v) is 7.80. The van der Waals surface area contributed by atoms with Gasteiger partial charge in [-0.2, -0.15) is 18.2 Å². The number of nitrogens with zero attached hydrogens (tertiary/aromatic N) is 1. The monoisotopic (exact) mass is 229 g/mol. The summed E-state index contributed by atoms with van der Waals surface area (Å²) in [6.45, 7) is 0. The minimum absolute atomic E-state index is 0.0407. The molecule has 0 bridgehead atoms. The van der Waals surface area contributed by atoms with Crippen molar-refractivity contribution in [1.29, 1.82) is 0 Å². The summed E-state index contributed by atoms with van der Waals surface area (Å²) in [5.41, 5.74) is -1.82. The second-order valence-electron chi connectivity index (χ2n) is 3.07. The van der Waals surface area contributed by atoms with Gasteiger partial charge in [0.05, 0.1) is 11.4 Å². The lowest BCUT2D eigenvalue weighted by molar-refractivity contribution is -0.141. The number of rotatable bonds is 1. The molecule has 0 unspecified atom stereocenters. The zero-order chi connectivity index (χ0) is 11.8. The summed E-state index contributed by atoms with van der Waals surface area (Å²) >= 11 is 0. The second kappa shape index (κ2) is 3.51. The molecule has 2 rings (SSSR count). The molecule has 0 spiro atoms. The Hall–Kier alpha value is -2.05. The lowest BCUT2D eigenvalue weighted by Gasteiger charge is -2.06. The molecule has 0 aliphatic heterocycles. The van der Waals surface area contributed by atoms with Crippen molar-refractivity contribution in [3.8, 4) is 11.4 Å². The minimum Gasteiger partial charge on any atom is -0.360 e. The van der Waals surface area contributed by atoms with Crippen LogP contribution in [-0.2, 0) is 6.18 Å². The molecule has 4 nitrogen and oxygen atoms in total. The third-order valence-electron chi connectivity index (χ3n) is 1.92. The Morgan fingerprint density at radius 1 is 1.31 bits per heavy atom. The summed E-state index contributed by atoms with van der Waals surface area (Å²) < 4.78 is 37.1. The largest absolute Gasteiger partial charge is 0.431 e. The van der Waals surface area contributed by atoms with Gasteiger partial charge >= 0.3 is 11.9 Å². The van der Waals surface area contributed by atoms with Gasteiger partial charge < -0.3 is 9.97 Å². The van der Waals surface area contributed by atoms with Crippen LogP contribution in [0.15, 0.2) is 29.2 Å². The predicted octanol–water partition coefficient (Wildman–Crippen LogP) is 1.78. The first-order valence-corrected chi connectivity index (χ1v) is 4.29. The number of alkyl halides is 3. The van der Waals surface area contributed by atoms with Gasteiger partial charge in [-0.15, -0.1) is 0 Å². The maximum atomic E-state index is 12.4. The molecule has 0 aliphatic rings. The van der Waals surface area contributed by atoms with Gasteiger partial charge in [-0.05, 0) is 18.2 Å². The van der Waals surface area contributed by atoms with Crippen molar-refractivity contribution < 1.29 is 13.2 Å². The van der Waals surface area contributed by atoms with Crippen molar-refractivity contribution >= 4 is 0 Å². The fourth-order valence-electron chi connectivity index (χ4n) is 1.24. The third-order valence-corrected chi connectivity index (χ3v) is 1.92. The smallest absolute Gasteiger partial charge is 0.360 e. The van der Waals surface area contributed by atoms with E-state index in [9.17, 15) is 18.0 Å². The van der Waals surface area contributed by atoms with E-state index >= 15 is 0 Å². The van der Waals surface area contributed by atoms with Crippen molar-refractivity contribution in [2.75, 3.05) is 0 Å². The predicted molar refractivity (Wildman–Crippen MR) is 49.6 cm³/mol. The van der Waals surface area contributed by atoms with E-state index in [0.717, 1.165) is 6.07 Å². The number of hydrogen-bond donors (Lipinski definition) is 2. The van der Waals surface area contributed by atoms with Crippen molar-refractivity contribution in [2.45, 2.75) is 6.18 Å². The molecule has 2 aromatic heterocycles. The topological polar surface area (TPSA) is 61.5 Å². The fourth-order valence-corrected chi connectivity index (χ4v) is 1.24. The SMILES string of the molecule is O=c1nc(-c2ccc[nH]2)cc(C(F)(F)F)[nH]1. The lowest BCUT2D eigenvalue weighted by atomic mass is 10.2. The summed E-state index contributed by atoms with van der Waals surface area (Å²) in [5, 5.41) is 0. The molecule has 0 saturated carbocycles. The highest BCUT2D eigenvalue weighted by atomic mass is 19.4. The molecule has 2 N–H and O–H groups in total. The van der Waals surface area contributed by atoms with E-state index in [2.05, 4.69) is 9.97 Å². The van der Waals surface area contributed by atoms with Gasteiger partial charge in [0.25, 0.3) is 0 Å². The van der Waals surface area contributed by atoms with E-state index in [1.165, 1.54) is 12.3 Å². The Morgan fingerprint density at radius 3 is 2.62 bits per heavy atom. The minimum atomic E-state index is -4.59. The number of hydrogen-bond acceptors (Lipinski definition) is 2. The van der Waals surface area contributed by atoms with Crippen LogP contribution in [0.1, 0.15) is 5.69 Å². The molecule has 0 radical (unpaired) electrons. The van der Waals surface area contributed by atoms with E-state index in [-0.39, 0.29) is 5.69 Å². The molecule has 0 aliphatic carbocycles. The van der Waals surface area contributed by atoms with Crippen molar-refractivity contribution in [1.82, 2.24) is 15.0 Å². The number of aromatic amines is 2.